The summed E-state index contributed by atoms with van der Waals surface area (Å²) in [6.07, 6.45) is 0.782. The normalized spacial score (nSPS) is 10.9. The molecule has 2 aromatic carbocycles. The van der Waals surface area contributed by atoms with Crippen LogP contribution in [0.25, 0.3) is 11.0 Å². The van der Waals surface area contributed by atoms with Gasteiger partial charge >= 0.3 is 11.7 Å². The summed E-state index contributed by atoms with van der Waals surface area (Å²) >= 11 is 11.9. The molecule has 0 aliphatic carbocycles. The highest BCUT2D eigenvalue weighted by molar-refractivity contribution is 6.44. The Morgan fingerprint density at radius 1 is 1.03 bits per heavy atom. The van der Waals surface area contributed by atoms with Crippen LogP contribution in [0.3, 0.4) is 0 Å². The van der Waals surface area contributed by atoms with Crippen LogP contribution < -0.4 is 11.0 Å². The second kappa shape index (κ2) is 9.15. The number of carbonyl (C=O) groups is 2. The van der Waals surface area contributed by atoms with Crippen molar-refractivity contribution in [2.24, 2.45) is 0 Å². The lowest BCUT2D eigenvalue weighted by Crippen LogP contribution is -2.29. The number of imidazole rings is 1. The zero-order valence-corrected chi connectivity index (χ0v) is 17.2. The molecule has 1 N–H and O–H groups in total. The topological polar surface area (TPSA) is 82.3 Å². The highest BCUT2D eigenvalue weighted by atomic mass is 35.5. The lowest BCUT2D eigenvalue weighted by Gasteiger charge is -2.09. The summed E-state index contributed by atoms with van der Waals surface area (Å²) in [5.74, 6) is -1.26. The molecule has 3 rings (SSSR count). The number of anilines is 1. The zero-order valence-electron chi connectivity index (χ0n) is 15.7. The molecule has 0 radical (unpaired) electrons. The summed E-state index contributed by atoms with van der Waals surface area (Å²) in [5, 5.41) is 3.02. The summed E-state index contributed by atoms with van der Waals surface area (Å²) < 4.78 is 7.99. The van der Waals surface area contributed by atoms with Gasteiger partial charge in [0, 0.05) is 6.54 Å². The molecule has 0 unspecified atom stereocenters. The van der Waals surface area contributed by atoms with Crippen molar-refractivity contribution in [3.8, 4) is 0 Å². The van der Waals surface area contributed by atoms with Crippen molar-refractivity contribution >= 4 is 51.8 Å². The third kappa shape index (κ3) is 4.63. The number of amides is 1. The fourth-order valence-electron chi connectivity index (χ4n) is 2.97. The van der Waals surface area contributed by atoms with Gasteiger partial charge < -0.3 is 10.1 Å². The Labute approximate surface area is 176 Å². The maximum Gasteiger partial charge on any atom is 0.329 e. The van der Waals surface area contributed by atoms with Gasteiger partial charge in [-0.1, -0.05) is 48.3 Å². The van der Waals surface area contributed by atoms with Crippen molar-refractivity contribution in [2.45, 2.75) is 26.4 Å². The summed E-state index contributed by atoms with van der Waals surface area (Å²) in [6.45, 7) is 1.72. The maximum absolute atomic E-state index is 12.7. The number of esters is 1. The molecule has 9 heteroatoms. The zero-order chi connectivity index (χ0) is 21.0. The first-order valence-electron chi connectivity index (χ1n) is 9.00. The van der Waals surface area contributed by atoms with Crippen molar-refractivity contribution in [1.82, 2.24) is 9.13 Å². The molecular weight excluding hydrogens is 417 g/mol. The van der Waals surface area contributed by atoms with Gasteiger partial charge in [0.15, 0.2) is 6.61 Å². The van der Waals surface area contributed by atoms with Crippen molar-refractivity contribution in [1.29, 1.82) is 0 Å². The van der Waals surface area contributed by atoms with E-state index in [9.17, 15) is 14.4 Å². The molecule has 1 amide bonds. The number of benzene rings is 2. The number of nitrogens with one attached hydrogen (secondary N) is 1. The van der Waals surface area contributed by atoms with Gasteiger partial charge in [-0.3, -0.25) is 18.7 Å². The van der Waals surface area contributed by atoms with Crippen LogP contribution in [-0.4, -0.2) is 27.6 Å². The van der Waals surface area contributed by atoms with Crippen LogP contribution in [0.15, 0.2) is 47.3 Å². The largest absolute Gasteiger partial charge is 0.454 e. The number of aromatic nitrogens is 2. The molecule has 0 aliphatic rings. The third-order valence-corrected chi connectivity index (χ3v) is 5.07. The second-order valence-corrected chi connectivity index (χ2v) is 7.10. The number of fused-ring (bicyclic) bond motifs is 1. The average molecular weight is 436 g/mol. The first kappa shape index (κ1) is 21.0. The van der Waals surface area contributed by atoms with Crippen LogP contribution in [0.5, 0.6) is 0 Å². The van der Waals surface area contributed by atoms with Gasteiger partial charge in [-0.15, -0.1) is 0 Å². The lowest BCUT2D eigenvalue weighted by atomic mass is 10.3. The second-order valence-electron chi connectivity index (χ2n) is 6.32. The number of hydrogen-bond acceptors (Lipinski definition) is 4. The predicted octanol–water partition coefficient (Wildman–Crippen LogP) is 3.70. The number of aryl methyl sites for hydroxylation is 1. The van der Waals surface area contributed by atoms with Crippen LogP contribution in [0.1, 0.15) is 13.3 Å². The fourth-order valence-corrected chi connectivity index (χ4v) is 3.32. The highest BCUT2D eigenvalue weighted by Crippen LogP contribution is 2.29. The van der Waals surface area contributed by atoms with Crippen LogP contribution in [-0.2, 0) is 27.4 Å². The van der Waals surface area contributed by atoms with Crippen LogP contribution in [0.2, 0.25) is 10.0 Å². The molecule has 1 aromatic heterocycles. The van der Waals surface area contributed by atoms with Crippen molar-refractivity contribution in [2.75, 3.05) is 11.9 Å². The molecule has 0 aliphatic heterocycles. The molecule has 152 valence electrons. The minimum Gasteiger partial charge on any atom is -0.454 e. The van der Waals surface area contributed by atoms with E-state index in [0.29, 0.717) is 22.8 Å². The van der Waals surface area contributed by atoms with Gasteiger partial charge in [-0.05, 0) is 30.7 Å². The molecule has 0 saturated heterocycles. The molecule has 29 heavy (non-hydrogen) atoms. The first-order valence-corrected chi connectivity index (χ1v) is 9.75. The van der Waals surface area contributed by atoms with E-state index in [-0.39, 0.29) is 17.3 Å². The molecule has 3 aromatic rings. The first-order chi connectivity index (χ1) is 13.9. The number of nitrogens with zero attached hydrogens (tertiary/aromatic N) is 2. The van der Waals surface area contributed by atoms with Crippen LogP contribution >= 0.6 is 23.2 Å². The Morgan fingerprint density at radius 2 is 1.72 bits per heavy atom. The standard InChI is InChI=1S/C20H19Cl2N3O4/c1-2-10-24-15-8-3-4-9-16(15)25(20(24)28)11-18(27)29-12-17(26)23-14-7-5-6-13(21)19(14)22/h3-9H,2,10-12H2,1H3,(H,23,26). The molecule has 0 saturated carbocycles. The molecule has 1 heterocycles. The number of para-hydroxylation sites is 2. The highest BCUT2D eigenvalue weighted by Gasteiger charge is 2.17. The van der Waals surface area contributed by atoms with Gasteiger partial charge in [0.25, 0.3) is 5.91 Å². The number of halogens is 2. The Balaban J connectivity index is 1.67. The van der Waals surface area contributed by atoms with Gasteiger partial charge in [-0.2, -0.15) is 0 Å². The molecule has 7 nitrogen and oxygen atoms in total. The molecular formula is C20H19Cl2N3O4. The van der Waals surface area contributed by atoms with Crippen molar-refractivity contribution < 1.29 is 14.3 Å². The summed E-state index contributed by atoms with van der Waals surface area (Å²) in [7, 11) is 0. The number of rotatable bonds is 7. The molecule has 0 bridgehead atoms. The Hall–Kier alpha value is -2.77. The van der Waals surface area contributed by atoms with Crippen LogP contribution in [0, 0.1) is 0 Å². The molecule has 0 spiro atoms. The van der Waals surface area contributed by atoms with E-state index in [2.05, 4.69) is 5.32 Å². The number of carbonyl (C=O) groups excluding carboxylic acids is 2. The van der Waals surface area contributed by atoms with Gasteiger partial charge in [0.05, 0.1) is 26.8 Å². The van der Waals surface area contributed by atoms with Gasteiger partial charge in [-0.25, -0.2) is 4.79 Å². The van der Waals surface area contributed by atoms with Crippen molar-refractivity contribution in [3.63, 3.8) is 0 Å². The van der Waals surface area contributed by atoms with E-state index in [1.165, 1.54) is 4.57 Å². The molecule has 0 atom stereocenters. The predicted molar refractivity (Wildman–Crippen MR) is 113 cm³/mol. The average Bonchev–Trinajstić information content (AvgIpc) is 2.96. The van der Waals surface area contributed by atoms with E-state index >= 15 is 0 Å². The Morgan fingerprint density at radius 3 is 2.41 bits per heavy atom. The Kier molecular flexibility index (Phi) is 6.61. The third-order valence-electron chi connectivity index (χ3n) is 4.25. The van der Waals surface area contributed by atoms with Gasteiger partial charge in [0.2, 0.25) is 0 Å². The van der Waals surface area contributed by atoms with Gasteiger partial charge in [0.1, 0.15) is 6.54 Å². The minimum absolute atomic E-state index is 0.198. The fraction of sp³-hybridized carbons (Fsp3) is 0.250. The minimum atomic E-state index is -0.696. The smallest absolute Gasteiger partial charge is 0.329 e. The van der Waals surface area contributed by atoms with E-state index in [0.717, 1.165) is 11.9 Å². The van der Waals surface area contributed by atoms with E-state index < -0.39 is 18.5 Å². The van der Waals surface area contributed by atoms with Crippen molar-refractivity contribution in [3.05, 3.63) is 63.0 Å². The van der Waals surface area contributed by atoms with E-state index in [1.807, 2.05) is 19.1 Å². The van der Waals surface area contributed by atoms with E-state index in [1.54, 1.807) is 34.9 Å². The SMILES string of the molecule is CCCn1c(=O)n(CC(=O)OCC(=O)Nc2cccc(Cl)c2Cl)c2ccccc21. The molecule has 0 fully saturated rings. The Bertz CT molecular complexity index is 1120. The van der Waals surface area contributed by atoms with Crippen LogP contribution in [0.4, 0.5) is 5.69 Å². The lowest BCUT2D eigenvalue weighted by molar-refractivity contribution is -0.147. The monoisotopic (exact) mass is 435 g/mol. The summed E-state index contributed by atoms with van der Waals surface area (Å²) in [6, 6.07) is 12.0. The number of ether oxygens (including phenoxy) is 1. The summed E-state index contributed by atoms with van der Waals surface area (Å²) in [4.78, 5) is 36.9. The number of hydrogen-bond donors (Lipinski definition) is 1. The summed E-state index contributed by atoms with van der Waals surface area (Å²) in [5.41, 5.74) is 1.41. The quantitative estimate of drug-likeness (QED) is 0.573. The van der Waals surface area contributed by atoms with E-state index in [4.69, 9.17) is 27.9 Å². The maximum atomic E-state index is 12.7.